The predicted octanol–water partition coefficient (Wildman–Crippen LogP) is 3.22. The molecule has 2 aromatic heterocycles. The van der Waals surface area contributed by atoms with Crippen LogP contribution in [0.3, 0.4) is 0 Å². The van der Waals surface area contributed by atoms with Crippen molar-refractivity contribution in [1.29, 1.82) is 0 Å². The lowest BCUT2D eigenvalue weighted by Gasteiger charge is -2.06. The number of fused-ring (bicyclic) bond motifs is 1. The van der Waals surface area contributed by atoms with Gasteiger partial charge in [-0.25, -0.2) is 9.97 Å². The topological polar surface area (TPSA) is 98.0 Å². The summed E-state index contributed by atoms with van der Waals surface area (Å²) in [5.41, 5.74) is 6.23. The summed E-state index contributed by atoms with van der Waals surface area (Å²) >= 11 is 3.18. The average Bonchev–Trinajstić information content (AvgIpc) is 2.96. The van der Waals surface area contributed by atoms with Gasteiger partial charge in [0.2, 0.25) is 11.8 Å². The quantitative estimate of drug-likeness (QED) is 0.511. The van der Waals surface area contributed by atoms with E-state index in [1.54, 1.807) is 53.7 Å². The Bertz CT molecular complexity index is 922. The maximum absolute atomic E-state index is 12.0. The molecule has 0 aliphatic heterocycles. The second-order valence-electron chi connectivity index (χ2n) is 5.34. The summed E-state index contributed by atoms with van der Waals surface area (Å²) in [6.07, 6.45) is 1.91. The molecule has 0 fully saturated rings. The van der Waals surface area contributed by atoms with Crippen LogP contribution in [0.5, 0.6) is 0 Å². The molecule has 3 rings (SSSR count). The summed E-state index contributed by atoms with van der Waals surface area (Å²) in [5.74, 6) is 0.0342. The molecule has 25 heavy (non-hydrogen) atoms. The summed E-state index contributed by atoms with van der Waals surface area (Å²) in [7, 11) is 0. The first-order valence-corrected chi connectivity index (χ1v) is 9.37. The van der Waals surface area contributed by atoms with E-state index in [0.29, 0.717) is 23.4 Å². The lowest BCUT2D eigenvalue weighted by Crippen LogP contribution is -2.13. The Hall–Kier alpha value is -2.45. The van der Waals surface area contributed by atoms with E-state index in [1.807, 2.05) is 6.92 Å². The van der Waals surface area contributed by atoms with Crippen LogP contribution in [-0.2, 0) is 4.79 Å². The number of nitrogens with two attached hydrogens (primary N) is 1. The molecular formula is C17H16N4O2S2. The number of thioether (sulfide) groups is 1. The first-order valence-electron chi connectivity index (χ1n) is 7.56. The largest absolute Gasteiger partial charge is 0.366 e. The number of hydrogen-bond donors (Lipinski definition) is 2. The molecule has 1 aromatic carbocycles. The molecule has 2 heterocycles. The van der Waals surface area contributed by atoms with Crippen LogP contribution in [0.2, 0.25) is 0 Å². The maximum atomic E-state index is 12.0. The van der Waals surface area contributed by atoms with Crippen molar-refractivity contribution in [2.75, 3.05) is 11.1 Å². The van der Waals surface area contributed by atoms with E-state index in [0.717, 1.165) is 15.2 Å². The fraction of sp³-hybridized carbons (Fsp3) is 0.176. The monoisotopic (exact) mass is 372 g/mol. The van der Waals surface area contributed by atoms with Crippen LogP contribution in [0.25, 0.3) is 10.2 Å². The minimum atomic E-state index is -0.492. The highest BCUT2D eigenvalue weighted by Crippen LogP contribution is 2.30. The number of aryl methyl sites for hydroxylation is 1. The zero-order valence-corrected chi connectivity index (χ0v) is 15.1. The van der Waals surface area contributed by atoms with Crippen LogP contribution in [0.15, 0.2) is 41.7 Å². The second kappa shape index (κ2) is 7.62. The first kappa shape index (κ1) is 17.4. The van der Waals surface area contributed by atoms with Gasteiger partial charge in [0.1, 0.15) is 16.2 Å². The van der Waals surface area contributed by atoms with Gasteiger partial charge in [-0.05, 0) is 37.3 Å². The van der Waals surface area contributed by atoms with Crippen molar-refractivity contribution in [3.05, 3.63) is 47.1 Å². The molecule has 3 aromatic rings. The molecule has 0 saturated carbocycles. The number of amides is 2. The molecule has 0 aliphatic rings. The van der Waals surface area contributed by atoms with Crippen molar-refractivity contribution >= 4 is 50.8 Å². The highest BCUT2D eigenvalue weighted by Gasteiger charge is 2.09. The number of nitrogens with one attached hydrogen (secondary N) is 1. The van der Waals surface area contributed by atoms with E-state index in [2.05, 4.69) is 21.4 Å². The van der Waals surface area contributed by atoms with Crippen molar-refractivity contribution in [1.82, 2.24) is 9.97 Å². The molecule has 128 valence electrons. The van der Waals surface area contributed by atoms with Crippen molar-refractivity contribution in [3.8, 4) is 0 Å². The van der Waals surface area contributed by atoms with Gasteiger partial charge in [0.15, 0.2) is 0 Å². The van der Waals surface area contributed by atoms with Gasteiger partial charge in [-0.3, -0.25) is 9.59 Å². The number of rotatable bonds is 6. The fourth-order valence-electron chi connectivity index (χ4n) is 2.25. The molecule has 2 amide bonds. The normalized spacial score (nSPS) is 10.8. The Morgan fingerprint density at radius 3 is 2.72 bits per heavy atom. The Balaban J connectivity index is 1.54. The Labute approximate surface area is 152 Å². The fourth-order valence-corrected chi connectivity index (χ4v) is 4.08. The number of aromatic nitrogens is 2. The van der Waals surface area contributed by atoms with Gasteiger partial charge in [-0.1, -0.05) is 0 Å². The van der Waals surface area contributed by atoms with E-state index in [1.165, 1.54) is 4.88 Å². The molecule has 8 heteroatoms. The molecule has 3 N–H and O–H groups in total. The van der Waals surface area contributed by atoms with Gasteiger partial charge >= 0.3 is 0 Å². The zero-order valence-electron chi connectivity index (χ0n) is 13.5. The summed E-state index contributed by atoms with van der Waals surface area (Å²) in [4.78, 5) is 33.8. The number of nitrogens with zero attached hydrogens (tertiary/aromatic N) is 2. The minimum Gasteiger partial charge on any atom is -0.366 e. The third kappa shape index (κ3) is 4.34. The lowest BCUT2D eigenvalue weighted by atomic mass is 10.2. The Morgan fingerprint density at radius 1 is 1.24 bits per heavy atom. The molecule has 0 spiro atoms. The van der Waals surface area contributed by atoms with Crippen LogP contribution in [0.4, 0.5) is 5.69 Å². The van der Waals surface area contributed by atoms with Crippen LogP contribution in [0, 0.1) is 6.92 Å². The van der Waals surface area contributed by atoms with Crippen molar-refractivity contribution in [2.45, 2.75) is 18.4 Å². The Kier molecular flexibility index (Phi) is 5.30. The van der Waals surface area contributed by atoms with E-state index in [9.17, 15) is 9.59 Å². The summed E-state index contributed by atoms with van der Waals surface area (Å²) in [5, 5.41) is 4.74. The van der Waals surface area contributed by atoms with E-state index in [4.69, 9.17) is 5.73 Å². The molecule has 0 bridgehead atoms. The number of carbonyl (C=O) groups excluding carboxylic acids is 2. The molecule has 6 nitrogen and oxygen atoms in total. The number of hydrogen-bond acceptors (Lipinski definition) is 6. The molecular weight excluding hydrogens is 356 g/mol. The van der Waals surface area contributed by atoms with Gasteiger partial charge in [0, 0.05) is 33.7 Å². The number of primary amides is 1. The lowest BCUT2D eigenvalue weighted by molar-refractivity contribution is -0.115. The van der Waals surface area contributed by atoms with Crippen LogP contribution in [0.1, 0.15) is 21.7 Å². The molecule has 0 atom stereocenters. The molecule has 0 saturated heterocycles. The van der Waals surface area contributed by atoms with Crippen molar-refractivity contribution in [2.24, 2.45) is 5.73 Å². The third-order valence-corrected chi connectivity index (χ3v) is 5.40. The third-order valence-electron chi connectivity index (χ3n) is 3.44. The van der Waals surface area contributed by atoms with Gasteiger partial charge in [0.05, 0.1) is 0 Å². The SMILES string of the molecule is Cc1cc2c(SCCC(=O)Nc3ccc(C(N)=O)cc3)ncnc2s1. The molecule has 0 unspecified atom stereocenters. The minimum absolute atomic E-state index is 0.0916. The Morgan fingerprint density at radius 2 is 2.00 bits per heavy atom. The summed E-state index contributed by atoms with van der Waals surface area (Å²) in [6.45, 7) is 2.04. The first-order chi connectivity index (χ1) is 12.0. The van der Waals surface area contributed by atoms with Gasteiger partial charge in [-0.2, -0.15) is 0 Å². The number of benzene rings is 1. The predicted molar refractivity (Wildman–Crippen MR) is 101 cm³/mol. The van der Waals surface area contributed by atoms with Crippen molar-refractivity contribution < 1.29 is 9.59 Å². The number of thiophene rings is 1. The van der Waals surface area contributed by atoms with E-state index >= 15 is 0 Å². The van der Waals surface area contributed by atoms with Gasteiger partial charge in [0.25, 0.3) is 0 Å². The number of anilines is 1. The average molecular weight is 372 g/mol. The second-order valence-corrected chi connectivity index (χ2v) is 7.66. The highest BCUT2D eigenvalue weighted by molar-refractivity contribution is 7.99. The van der Waals surface area contributed by atoms with Crippen LogP contribution < -0.4 is 11.1 Å². The maximum Gasteiger partial charge on any atom is 0.248 e. The smallest absolute Gasteiger partial charge is 0.248 e. The van der Waals surface area contributed by atoms with E-state index in [-0.39, 0.29) is 5.91 Å². The molecule has 0 aliphatic carbocycles. The highest BCUT2D eigenvalue weighted by atomic mass is 32.2. The standard InChI is InChI=1S/C17H16N4O2S2/c1-10-8-13-16(19-9-20-17(13)25-10)24-7-6-14(22)21-12-4-2-11(3-5-12)15(18)23/h2-5,8-9H,6-7H2,1H3,(H2,18,23)(H,21,22). The van der Waals surface area contributed by atoms with Gasteiger partial charge < -0.3 is 11.1 Å². The van der Waals surface area contributed by atoms with Crippen molar-refractivity contribution in [3.63, 3.8) is 0 Å². The number of carbonyl (C=O) groups is 2. The summed E-state index contributed by atoms with van der Waals surface area (Å²) < 4.78 is 0. The molecule has 0 radical (unpaired) electrons. The van der Waals surface area contributed by atoms with E-state index < -0.39 is 5.91 Å². The zero-order chi connectivity index (χ0) is 17.8. The van der Waals surface area contributed by atoms with Crippen LogP contribution in [-0.4, -0.2) is 27.5 Å². The van der Waals surface area contributed by atoms with Gasteiger partial charge in [-0.15, -0.1) is 23.1 Å². The van der Waals surface area contributed by atoms with Crippen LogP contribution >= 0.6 is 23.1 Å². The summed E-state index contributed by atoms with van der Waals surface area (Å²) in [6, 6.07) is 8.57.